The molecular weight excluding hydrogens is 302 g/mol. The van der Waals surface area contributed by atoms with Gasteiger partial charge in [0.2, 0.25) is 0 Å². The third kappa shape index (κ3) is 4.45. The standard InChI is InChI=1S/C19H31N3O2/c1-19(2,3)17-10-18(23)22(14-20-17)12-15-4-7-21(8-5-15)11-16-6-9-24-13-16/h10,14-16H,4-9,11-13H2,1-3H3. The van der Waals surface area contributed by atoms with Crippen molar-refractivity contribution in [2.75, 3.05) is 32.8 Å². The molecule has 134 valence electrons. The van der Waals surface area contributed by atoms with Crippen LogP contribution in [0.25, 0.3) is 0 Å². The highest BCUT2D eigenvalue weighted by Crippen LogP contribution is 2.22. The van der Waals surface area contributed by atoms with Crippen LogP contribution in [-0.2, 0) is 16.7 Å². The van der Waals surface area contributed by atoms with Crippen LogP contribution in [0.4, 0.5) is 0 Å². The Morgan fingerprint density at radius 2 is 1.92 bits per heavy atom. The monoisotopic (exact) mass is 333 g/mol. The van der Waals surface area contributed by atoms with Gasteiger partial charge in [-0.1, -0.05) is 20.8 Å². The molecule has 5 heteroatoms. The van der Waals surface area contributed by atoms with Crippen molar-refractivity contribution < 1.29 is 4.74 Å². The molecule has 1 atom stereocenters. The van der Waals surface area contributed by atoms with Crippen LogP contribution in [0.15, 0.2) is 17.2 Å². The Hall–Kier alpha value is -1.20. The molecule has 0 N–H and O–H groups in total. The van der Waals surface area contributed by atoms with Gasteiger partial charge in [0, 0.05) is 31.2 Å². The maximum Gasteiger partial charge on any atom is 0.253 e. The minimum Gasteiger partial charge on any atom is -0.381 e. The number of ether oxygens (including phenoxy) is 1. The topological polar surface area (TPSA) is 47.4 Å². The molecule has 0 aromatic carbocycles. The summed E-state index contributed by atoms with van der Waals surface area (Å²) in [7, 11) is 0. The van der Waals surface area contributed by atoms with Crippen molar-refractivity contribution in [3.8, 4) is 0 Å². The molecule has 2 fully saturated rings. The molecule has 0 spiro atoms. The normalized spacial score (nSPS) is 23.7. The molecular formula is C19H31N3O2. The fourth-order valence-electron chi connectivity index (χ4n) is 3.70. The molecule has 0 amide bonds. The van der Waals surface area contributed by atoms with Crippen LogP contribution >= 0.6 is 0 Å². The van der Waals surface area contributed by atoms with Gasteiger partial charge in [0.25, 0.3) is 5.56 Å². The van der Waals surface area contributed by atoms with Gasteiger partial charge in [0.15, 0.2) is 0 Å². The highest BCUT2D eigenvalue weighted by atomic mass is 16.5. The molecule has 0 bridgehead atoms. The number of hydrogen-bond acceptors (Lipinski definition) is 4. The Morgan fingerprint density at radius 3 is 2.50 bits per heavy atom. The summed E-state index contributed by atoms with van der Waals surface area (Å²) in [6, 6.07) is 1.70. The summed E-state index contributed by atoms with van der Waals surface area (Å²) in [6.45, 7) is 12.4. The average Bonchev–Trinajstić information content (AvgIpc) is 3.03. The predicted molar refractivity (Wildman–Crippen MR) is 95.3 cm³/mol. The lowest BCUT2D eigenvalue weighted by atomic mass is 9.92. The molecule has 0 radical (unpaired) electrons. The Bertz CT molecular complexity index is 591. The molecule has 24 heavy (non-hydrogen) atoms. The summed E-state index contributed by atoms with van der Waals surface area (Å²) in [5.41, 5.74) is 0.880. The lowest BCUT2D eigenvalue weighted by Gasteiger charge is -2.33. The Morgan fingerprint density at radius 1 is 1.17 bits per heavy atom. The molecule has 2 aliphatic heterocycles. The Labute approximate surface area is 145 Å². The van der Waals surface area contributed by atoms with E-state index in [9.17, 15) is 4.79 Å². The number of rotatable bonds is 4. The molecule has 5 nitrogen and oxygen atoms in total. The van der Waals surface area contributed by atoms with E-state index in [1.54, 1.807) is 17.0 Å². The fraction of sp³-hybridized carbons (Fsp3) is 0.789. The second kappa shape index (κ2) is 7.36. The van der Waals surface area contributed by atoms with E-state index < -0.39 is 0 Å². The van der Waals surface area contributed by atoms with Crippen LogP contribution < -0.4 is 5.56 Å². The molecule has 3 heterocycles. The van der Waals surface area contributed by atoms with Crippen molar-refractivity contribution in [1.82, 2.24) is 14.5 Å². The van der Waals surface area contributed by atoms with Crippen molar-refractivity contribution in [2.24, 2.45) is 11.8 Å². The summed E-state index contributed by atoms with van der Waals surface area (Å²) in [5.74, 6) is 1.30. The van der Waals surface area contributed by atoms with E-state index in [4.69, 9.17) is 4.74 Å². The van der Waals surface area contributed by atoms with Gasteiger partial charge < -0.3 is 9.64 Å². The van der Waals surface area contributed by atoms with E-state index in [0.29, 0.717) is 5.92 Å². The fourth-order valence-corrected chi connectivity index (χ4v) is 3.70. The molecule has 0 aliphatic carbocycles. The second-order valence-corrected chi connectivity index (χ2v) is 8.49. The van der Waals surface area contributed by atoms with Gasteiger partial charge in [-0.25, -0.2) is 4.98 Å². The largest absolute Gasteiger partial charge is 0.381 e. The van der Waals surface area contributed by atoms with Gasteiger partial charge in [-0.15, -0.1) is 0 Å². The Balaban J connectivity index is 1.51. The number of hydrogen-bond donors (Lipinski definition) is 0. The van der Waals surface area contributed by atoms with E-state index in [0.717, 1.165) is 44.5 Å². The molecule has 1 unspecified atom stereocenters. The van der Waals surface area contributed by atoms with Gasteiger partial charge >= 0.3 is 0 Å². The summed E-state index contributed by atoms with van der Waals surface area (Å²) in [5, 5.41) is 0. The maximum absolute atomic E-state index is 12.4. The third-order valence-electron chi connectivity index (χ3n) is 5.35. The summed E-state index contributed by atoms with van der Waals surface area (Å²) < 4.78 is 7.27. The van der Waals surface area contributed by atoms with E-state index in [1.807, 2.05) is 0 Å². The first-order valence-electron chi connectivity index (χ1n) is 9.29. The molecule has 1 aromatic rings. The molecule has 1 aromatic heterocycles. The third-order valence-corrected chi connectivity index (χ3v) is 5.35. The zero-order chi connectivity index (χ0) is 17.2. The van der Waals surface area contributed by atoms with Crippen LogP contribution in [0, 0.1) is 11.8 Å². The average molecular weight is 333 g/mol. The highest BCUT2D eigenvalue weighted by Gasteiger charge is 2.24. The van der Waals surface area contributed by atoms with E-state index in [1.165, 1.54) is 25.8 Å². The SMILES string of the molecule is CC(C)(C)c1cc(=O)n(CC2CCN(CC3CCOC3)CC2)cn1. The first kappa shape index (κ1) is 17.6. The molecule has 2 aliphatic rings. The van der Waals surface area contributed by atoms with Crippen molar-refractivity contribution in [1.29, 1.82) is 0 Å². The molecule has 3 rings (SSSR count). The van der Waals surface area contributed by atoms with Crippen molar-refractivity contribution in [2.45, 2.75) is 52.0 Å². The highest BCUT2D eigenvalue weighted by molar-refractivity contribution is 5.10. The summed E-state index contributed by atoms with van der Waals surface area (Å²) >= 11 is 0. The lowest BCUT2D eigenvalue weighted by molar-refractivity contribution is 0.135. The minimum atomic E-state index is -0.0759. The van der Waals surface area contributed by atoms with Gasteiger partial charge in [0.1, 0.15) is 0 Å². The van der Waals surface area contributed by atoms with E-state index in [-0.39, 0.29) is 11.0 Å². The van der Waals surface area contributed by atoms with Crippen LogP contribution in [0.3, 0.4) is 0 Å². The number of nitrogens with zero attached hydrogens (tertiary/aromatic N) is 3. The van der Waals surface area contributed by atoms with Gasteiger partial charge in [0.05, 0.1) is 18.6 Å². The number of piperidine rings is 1. The first-order chi connectivity index (χ1) is 11.4. The first-order valence-corrected chi connectivity index (χ1v) is 9.29. The van der Waals surface area contributed by atoms with Crippen LogP contribution in [0.2, 0.25) is 0 Å². The van der Waals surface area contributed by atoms with Gasteiger partial charge in [-0.05, 0) is 44.2 Å². The van der Waals surface area contributed by atoms with Crippen molar-refractivity contribution in [3.05, 3.63) is 28.4 Å². The second-order valence-electron chi connectivity index (χ2n) is 8.49. The summed E-state index contributed by atoms with van der Waals surface area (Å²) in [4.78, 5) is 19.4. The Kier molecular flexibility index (Phi) is 5.40. The van der Waals surface area contributed by atoms with Crippen LogP contribution in [-0.4, -0.2) is 47.3 Å². The van der Waals surface area contributed by atoms with E-state index in [2.05, 4.69) is 30.7 Å². The molecule has 0 saturated carbocycles. The van der Waals surface area contributed by atoms with Crippen LogP contribution in [0.5, 0.6) is 0 Å². The lowest BCUT2D eigenvalue weighted by Crippen LogP contribution is -2.39. The predicted octanol–water partition coefficient (Wildman–Crippen LogP) is 2.29. The van der Waals surface area contributed by atoms with Crippen LogP contribution in [0.1, 0.15) is 45.7 Å². The zero-order valence-corrected chi connectivity index (χ0v) is 15.3. The number of likely N-dealkylation sites (tertiary alicyclic amines) is 1. The minimum absolute atomic E-state index is 0.0759. The number of aromatic nitrogens is 2. The summed E-state index contributed by atoms with van der Waals surface area (Å²) in [6.07, 6.45) is 5.29. The van der Waals surface area contributed by atoms with Gasteiger partial charge in [-0.2, -0.15) is 0 Å². The van der Waals surface area contributed by atoms with Gasteiger partial charge in [-0.3, -0.25) is 9.36 Å². The smallest absolute Gasteiger partial charge is 0.253 e. The zero-order valence-electron chi connectivity index (χ0n) is 15.3. The van der Waals surface area contributed by atoms with Crippen molar-refractivity contribution >= 4 is 0 Å². The maximum atomic E-state index is 12.4. The molecule has 2 saturated heterocycles. The van der Waals surface area contributed by atoms with Crippen molar-refractivity contribution in [3.63, 3.8) is 0 Å². The van der Waals surface area contributed by atoms with E-state index >= 15 is 0 Å². The quantitative estimate of drug-likeness (QED) is 0.848.